The molecule has 9 heteroatoms. The van der Waals surface area contributed by atoms with Crippen molar-refractivity contribution in [2.24, 2.45) is 0 Å². The van der Waals surface area contributed by atoms with Gasteiger partial charge in [0, 0.05) is 43.8 Å². The van der Waals surface area contributed by atoms with E-state index in [2.05, 4.69) is 4.98 Å². The van der Waals surface area contributed by atoms with Crippen molar-refractivity contribution in [3.8, 4) is 10.6 Å². The summed E-state index contributed by atoms with van der Waals surface area (Å²) >= 11 is 1.35. The third kappa shape index (κ3) is 4.33. The zero-order valence-corrected chi connectivity index (χ0v) is 18.1. The maximum absolute atomic E-state index is 13.2. The molecule has 0 saturated heterocycles. The number of hydrogen-bond acceptors (Lipinski definition) is 7. The Hall–Kier alpha value is -2.88. The minimum Gasteiger partial charge on any atom is -0.356 e. The lowest BCUT2D eigenvalue weighted by Crippen LogP contribution is -2.44. The Bertz CT molecular complexity index is 1140. The van der Waals surface area contributed by atoms with Gasteiger partial charge in [0.1, 0.15) is 5.01 Å². The van der Waals surface area contributed by atoms with E-state index < -0.39 is 23.4 Å². The molecule has 2 heterocycles. The number of rotatable bonds is 7. The summed E-state index contributed by atoms with van der Waals surface area (Å²) in [4.78, 5) is 44.7. The number of carbonyl (C=O) groups is 1. The maximum atomic E-state index is 13.2. The molecule has 0 spiro atoms. The zero-order valence-electron chi connectivity index (χ0n) is 17.2. The Labute approximate surface area is 177 Å². The number of hydrogen-bond donors (Lipinski definition) is 0. The molecular weight excluding hydrogens is 406 g/mol. The number of ether oxygens (including phenoxy) is 2. The van der Waals surface area contributed by atoms with E-state index >= 15 is 0 Å². The van der Waals surface area contributed by atoms with Gasteiger partial charge in [-0.25, -0.2) is 9.78 Å². The van der Waals surface area contributed by atoms with E-state index in [1.165, 1.54) is 36.3 Å². The van der Waals surface area contributed by atoms with Crippen LogP contribution < -0.4 is 11.2 Å². The summed E-state index contributed by atoms with van der Waals surface area (Å²) in [7, 11) is 3.01. The molecule has 0 aliphatic heterocycles. The second kappa shape index (κ2) is 9.29. The standard InChI is InChI=1S/C21H23N3O5S/c1-13-14(2)30-18(22-13)16-12-23(11-10-17(28-3)29-4)21(27)24(20(16)26)19(25)15-8-6-5-7-9-15/h5-9,12,17H,10-11H2,1-4H3. The first-order valence-electron chi connectivity index (χ1n) is 9.33. The Morgan fingerprint density at radius 3 is 2.37 bits per heavy atom. The van der Waals surface area contributed by atoms with Crippen molar-refractivity contribution in [2.45, 2.75) is 33.1 Å². The molecule has 0 unspecified atom stereocenters. The van der Waals surface area contributed by atoms with E-state index in [4.69, 9.17) is 9.47 Å². The average molecular weight is 429 g/mol. The predicted octanol–water partition coefficient (Wildman–Crippen LogP) is 2.45. The molecule has 0 aliphatic carbocycles. The van der Waals surface area contributed by atoms with Crippen LogP contribution in [-0.2, 0) is 16.0 Å². The highest BCUT2D eigenvalue weighted by atomic mass is 32.1. The lowest BCUT2D eigenvalue weighted by atomic mass is 10.2. The Kier molecular flexibility index (Phi) is 6.76. The van der Waals surface area contributed by atoms with E-state index in [0.29, 0.717) is 16.0 Å². The molecule has 0 atom stereocenters. The second-order valence-corrected chi connectivity index (χ2v) is 7.88. The van der Waals surface area contributed by atoms with Gasteiger partial charge in [-0.15, -0.1) is 11.3 Å². The highest BCUT2D eigenvalue weighted by Crippen LogP contribution is 2.24. The predicted molar refractivity (Wildman–Crippen MR) is 114 cm³/mol. The summed E-state index contributed by atoms with van der Waals surface area (Å²) in [5, 5.41) is 0.466. The topological polar surface area (TPSA) is 92.4 Å². The minimum absolute atomic E-state index is 0.198. The first-order valence-corrected chi connectivity index (χ1v) is 10.1. The first kappa shape index (κ1) is 21.8. The molecule has 0 saturated carbocycles. The molecule has 0 amide bonds. The van der Waals surface area contributed by atoms with Gasteiger partial charge >= 0.3 is 5.69 Å². The summed E-state index contributed by atoms with van der Waals surface area (Å²) < 4.78 is 12.4. The Morgan fingerprint density at radius 1 is 1.13 bits per heavy atom. The highest BCUT2D eigenvalue weighted by molar-refractivity contribution is 7.15. The van der Waals surface area contributed by atoms with Crippen LogP contribution in [-0.4, -0.2) is 40.5 Å². The van der Waals surface area contributed by atoms with Gasteiger partial charge in [0.05, 0.1) is 11.3 Å². The summed E-state index contributed by atoms with van der Waals surface area (Å²) in [5.41, 5.74) is -0.153. The number of methoxy groups -OCH3 is 2. The summed E-state index contributed by atoms with van der Waals surface area (Å²) in [6.07, 6.45) is 1.30. The number of carbonyl (C=O) groups excluding carboxylic acids is 1. The number of benzene rings is 1. The lowest BCUT2D eigenvalue weighted by molar-refractivity contribution is -0.108. The lowest BCUT2D eigenvalue weighted by Gasteiger charge is -2.15. The van der Waals surface area contributed by atoms with Crippen LogP contribution in [0.25, 0.3) is 10.6 Å². The molecule has 0 N–H and O–H groups in total. The third-order valence-electron chi connectivity index (χ3n) is 4.77. The van der Waals surface area contributed by atoms with Crippen molar-refractivity contribution in [3.05, 3.63) is 73.5 Å². The van der Waals surface area contributed by atoms with Crippen LogP contribution in [0, 0.1) is 13.8 Å². The summed E-state index contributed by atoms with van der Waals surface area (Å²) in [5.74, 6) is -0.679. The van der Waals surface area contributed by atoms with Gasteiger partial charge in [0.25, 0.3) is 11.5 Å². The molecule has 158 valence electrons. The van der Waals surface area contributed by atoms with Gasteiger partial charge < -0.3 is 9.47 Å². The van der Waals surface area contributed by atoms with Gasteiger partial charge in [0.15, 0.2) is 6.29 Å². The molecule has 8 nitrogen and oxygen atoms in total. The monoisotopic (exact) mass is 429 g/mol. The molecular formula is C21H23N3O5S. The average Bonchev–Trinajstić information content (AvgIpc) is 3.08. The van der Waals surface area contributed by atoms with E-state index in [0.717, 1.165) is 10.6 Å². The normalized spacial score (nSPS) is 11.2. The van der Waals surface area contributed by atoms with Crippen LogP contribution in [0.1, 0.15) is 27.3 Å². The van der Waals surface area contributed by atoms with Crippen LogP contribution in [0.15, 0.2) is 46.1 Å². The molecule has 1 aromatic carbocycles. The van der Waals surface area contributed by atoms with E-state index in [1.807, 2.05) is 13.8 Å². The summed E-state index contributed by atoms with van der Waals surface area (Å²) in [6.45, 7) is 3.95. The van der Waals surface area contributed by atoms with Crippen molar-refractivity contribution < 1.29 is 14.3 Å². The van der Waals surface area contributed by atoms with Crippen molar-refractivity contribution in [1.82, 2.24) is 14.1 Å². The number of aromatic nitrogens is 3. The van der Waals surface area contributed by atoms with Gasteiger partial charge in [-0.1, -0.05) is 18.2 Å². The van der Waals surface area contributed by atoms with E-state index in [1.54, 1.807) is 30.3 Å². The molecule has 0 aliphatic rings. The smallest absolute Gasteiger partial charge is 0.338 e. The molecule has 3 rings (SSSR count). The minimum atomic E-state index is -0.714. The van der Waals surface area contributed by atoms with Crippen molar-refractivity contribution in [1.29, 1.82) is 0 Å². The molecule has 3 aromatic rings. The number of thiazole rings is 1. The van der Waals surface area contributed by atoms with Crippen LogP contribution >= 0.6 is 11.3 Å². The first-order chi connectivity index (χ1) is 14.4. The fraction of sp³-hybridized carbons (Fsp3) is 0.333. The molecule has 0 bridgehead atoms. The summed E-state index contributed by atoms with van der Waals surface area (Å²) in [6, 6.07) is 8.24. The van der Waals surface area contributed by atoms with Crippen LogP contribution in [0.2, 0.25) is 0 Å². The van der Waals surface area contributed by atoms with Crippen molar-refractivity contribution in [2.75, 3.05) is 14.2 Å². The second-order valence-electron chi connectivity index (χ2n) is 6.68. The van der Waals surface area contributed by atoms with Crippen LogP contribution in [0.5, 0.6) is 0 Å². The number of nitrogens with zero attached hydrogens (tertiary/aromatic N) is 3. The van der Waals surface area contributed by atoms with Gasteiger partial charge in [-0.05, 0) is 26.0 Å². The van der Waals surface area contributed by atoms with Crippen LogP contribution in [0.3, 0.4) is 0 Å². The van der Waals surface area contributed by atoms with Crippen molar-refractivity contribution in [3.63, 3.8) is 0 Å². The SMILES string of the molecule is COC(CCn1cc(-c2nc(C)c(C)s2)c(=O)n(C(=O)c2ccccc2)c1=O)OC. The molecule has 0 radical (unpaired) electrons. The van der Waals surface area contributed by atoms with Gasteiger partial charge in [0.2, 0.25) is 0 Å². The quantitative estimate of drug-likeness (QED) is 0.536. The van der Waals surface area contributed by atoms with Crippen molar-refractivity contribution >= 4 is 17.2 Å². The van der Waals surface area contributed by atoms with E-state index in [-0.39, 0.29) is 17.7 Å². The highest BCUT2D eigenvalue weighted by Gasteiger charge is 2.22. The fourth-order valence-electron chi connectivity index (χ4n) is 2.96. The third-order valence-corrected chi connectivity index (χ3v) is 5.88. The van der Waals surface area contributed by atoms with Gasteiger partial charge in [-0.3, -0.25) is 14.2 Å². The zero-order chi connectivity index (χ0) is 21.8. The number of aryl methyl sites for hydroxylation is 3. The Balaban J connectivity index is 2.18. The van der Waals surface area contributed by atoms with E-state index in [9.17, 15) is 14.4 Å². The maximum Gasteiger partial charge on any atom is 0.338 e. The van der Waals surface area contributed by atoms with Crippen LogP contribution in [0.4, 0.5) is 0 Å². The van der Waals surface area contributed by atoms with Gasteiger partial charge in [-0.2, -0.15) is 4.57 Å². The molecule has 2 aromatic heterocycles. The molecule has 0 fully saturated rings. The fourth-order valence-corrected chi connectivity index (χ4v) is 3.88. The Morgan fingerprint density at radius 2 is 1.80 bits per heavy atom. The molecule has 30 heavy (non-hydrogen) atoms. The largest absolute Gasteiger partial charge is 0.356 e.